The Morgan fingerprint density at radius 1 is 1.56 bits per heavy atom. The topological polar surface area (TPSA) is 139 Å². The molecule has 11 heteroatoms. The quantitative estimate of drug-likeness (QED) is 0.238. The summed E-state index contributed by atoms with van der Waals surface area (Å²) < 4.78 is 6.45. The zero-order valence-electron chi connectivity index (χ0n) is 13.7. The van der Waals surface area contributed by atoms with Crippen LogP contribution < -0.4 is 5.73 Å². The Labute approximate surface area is 149 Å². The first kappa shape index (κ1) is 19.0. The number of hydrogen-bond acceptors (Lipinski definition) is 6. The number of imidazole rings is 1. The van der Waals surface area contributed by atoms with Gasteiger partial charge in [0, 0.05) is 36.9 Å². The van der Waals surface area contributed by atoms with Gasteiger partial charge in [-0.3, -0.25) is 9.59 Å². The Balaban J connectivity index is 1.86. The highest BCUT2D eigenvalue weighted by Gasteiger charge is 2.24. The zero-order valence-corrected chi connectivity index (χ0v) is 14.4. The molecular formula is C14H20ClN7O3. The minimum absolute atomic E-state index is 0.00174. The minimum Gasteiger partial charge on any atom is -0.464 e. The van der Waals surface area contributed by atoms with Crippen LogP contribution in [-0.4, -0.2) is 58.6 Å². The van der Waals surface area contributed by atoms with E-state index in [1.807, 2.05) is 0 Å². The van der Waals surface area contributed by atoms with Gasteiger partial charge in [0.2, 0.25) is 5.91 Å². The number of likely N-dealkylation sites (tertiary alicyclic amines) is 1. The van der Waals surface area contributed by atoms with Crippen molar-refractivity contribution < 1.29 is 14.3 Å². The number of aryl methyl sites for hydroxylation is 1. The smallest absolute Gasteiger partial charge is 0.326 e. The minimum atomic E-state index is -0.522. The Morgan fingerprint density at radius 2 is 2.36 bits per heavy atom. The van der Waals surface area contributed by atoms with Gasteiger partial charge in [-0.1, -0.05) is 16.7 Å². The van der Waals surface area contributed by atoms with Crippen LogP contribution in [0.15, 0.2) is 11.3 Å². The lowest BCUT2D eigenvalue weighted by Gasteiger charge is -2.15. The van der Waals surface area contributed by atoms with Gasteiger partial charge in [0.05, 0.1) is 19.3 Å². The number of rotatable bonds is 8. The normalized spacial score (nSPS) is 16.6. The van der Waals surface area contributed by atoms with E-state index in [-0.39, 0.29) is 43.2 Å². The van der Waals surface area contributed by atoms with Crippen molar-refractivity contribution in [2.75, 3.05) is 26.2 Å². The summed E-state index contributed by atoms with van der Waals surface area (Å²) in [5.74, 6) is 0.0236. The number of carbonyl (C=O) groups excluding carboxylic acids is 2. The molecule has 0 aliphatic carbocycles. The molecule has 2 heterocycles. The van der Waals surface area contributed by atoms with Crippen molar-refractivity contribution in [2.45, 2.75) is 31.8 Å². The Hall–Kier alpha value is -2.29. The molecule has 1 aromatic rings. The van der Waals surface area contributed by atoms with Gasteiger partial charge in [-0.15, -0.1) is 0 Å². The second-order valence-corrected chi connectivity index (χ2v) is 6.03. The van der Waals surface area contributed by atoms with E-state index in [9.17, 15) is 9.59 Å². The lowest BCUT2D eigenvalue weighted by Crippen LogP contribution is -2.32. The number of amides is 1. The van der Waals surface area contributed by atoms with E-state index < -0.39 is 5.97 Å². The maximum absolute atomic E-state index is 12.2. The van der Waals surface area contributed by atoms with E-state index in [1.54, 1.807) is 4.90 Å². The van der Waals surface area contributed by atoms with Crippen LogP contribution in [0.25, 0.3) is 10.4 Å². The molecule has 2 N–H and O–H groups in total. The predicted molar refractivity (Wildman–Crippen MR) is 89.7 cm³/mol. The number of aromatic nitrogens is 2. The van der Waals surface area contributed by atoms with Crippen LogP contribution in [-0.2, 0) is 27.3 Å². The Kier molecular flexibility index (Phi) is 7.05. The third-order valence-corrected chi connectivity index (χ3v) is 4.14. The van der Waals surface area contributed by atoms with Gasteiger partial charge in [0.1, 0.15) is 17.5 Å². The van der Waals surface area contributed by atoms with Crippen LogP contribution >= 0.6 is 11.6 Å². The number of esters is 1. The number of azide groups is 1. The van der Waals surface area contributed by atoms with E-state index in [0.717, 1.165) is 6.42 Å². The van der Waals surface area contributed by atoms with E-state index in [0.29, 0.717) is 25.3 Å². The van der Waals surface area contributed by atoms with Gasteiger partial charge in [0.25, 0.3) is 0 Å². The standard InChI is InChI=1S/C14H20ClN7O3/c15-11-7-18-12(1-2-13(23)21-5-3-10(16)8-21)22(11)9-14(24)25-6-4-19-20-17/h7,10H,1-6,8-9,16H2/t10-/m0/s1. The fourth-order valence-electron chi connectivity index (χ4n) is 2.57. The molecule has 1 amide bonds. The molecule has 0 radical (unpaired) electrons. The third kappa shape index (κ3) is 5.63. The summed E-state index contributed by atoms with van der Waals surface area (Å²) in [6.45, 7) is 1.20. The van der Waals surface area contributed by atoms with Crippen molar-refractivity contribution >= 4 is 23.5 Å². The molecule has 136 valence electrons. The van der Waals surface area contributed by atoms with Crippen molar-refractivity contribution in [3.05, 3.63) is 27.6 Å². The number of halogens is 1. The second kappa shape index (κ2) is 9.26. The van der Waals surface area contributed by atoms with Crippen LogP contribution in [0.4, 0.5) is 0 Å². The molecule has 0 spiro atoms. The fraction of sp³-hybridized carbons (Fsp3) is 0.643. The molecule has 25 heavy (non-hydrogen) atoms. The molecule has 1 saturated heterocycles. The highest BCUT2D eigenvalue weighted by atomic mass is 35.5. The summed E-state index contributed by atoms with van der Waals surface area (Å²) in [5.41, 5.74) is 14.0. The lowest BCUT2D eigenvalue weighted by atomic mass is 10.2. The summed E-state index contributed by atoms with van der Waals surface area (Å²) in [5, 5.41) is 3.56. The number of ether oxygens (including phenoxy) is 1. The number of nitrogens with zero attached hydrogens (tertiary/aromatic N) is 6. The summed E-state index contributed by atoms with van der Waals surface area (Å²) in [6.07, 6.45) is 2.88. The van der Waals surface area contributed by atoms with Crippen LogP contribution in [0, 0.1) is 0 Å². The molecule has 0 saturated carbocycles. The van der Waals surface area contributed by atoms with Crippen molar-refractivity contribution in [1.29, 1.82) is 0 Å². The second-order valence-electron chi connectivity index (χ2n) is 5.65. The van der Waals surface area contributed by atoms with Crippen molar-refractivity contribution in [3.63, 3.8) is 0 Å². The highest BCUT2D eigenvalue weighted by molar-refractivity contribution is 6.29. The Bertz CT molecular complexity index is 671. The van der Waals surface area contributed by atoms with E-state index in [1.165, 1.54) is 10.8 Å². The molecule has 0 bridgehead atoms. The molecule has 10 nitrogen and oxygen atoms in total. The van der Waals surface area contributed by atoms with E-state index in [4.69, 9.17) is 27.6 Å². The molecule has 1 aliphatic rings. The largest absolute Gasteiger partial charge is 0.464 e. The van der Waals surface area contributed by atoms with Crippen LogP contribution in [0.3, 0.4) is 0 Å². The molecule has 0 aromatic carbocycles. The molecule has 0 unspecified atom stereocenters. The molecular weight excluding hydrogens is 350 g/mol. The Morgan fingerprint density at radius 3 is 3.04 bits per heavy atom. The van der Waals surface area contributed by atoms with Crippen molar-refractivity contribution in [2.24, 2.45) is 10.8 Å². The summed E-state index contributed by atoms with van der Waals surface area (Å²) in [6, 6.07) is 0.0421. The average Bonchev–Trinajstić information content (AvgIpc) is 3.16. The van der Waals surface area contributed by atoms with Gasteiger partial charge in [-0.2, -0.15) is 0 Å². The van der Waals surface area contributed by atoms with Gasteiger partial charge in [-0.25, -0.2) is 4.98 Å². The highest BCUT2D eigenvalue weighted by Crippen LogP contribution is 2.15. The molecule has 1 aromatic heterocycles. The first-order valence-corrected chi connectivity index (χ1v) is 8.28. The van der Waals surface area contributed by atoms with Gasteiger partial charge >= 0.3 is 5.97 Å². The van der Waals surface area contributed by atoms with E-state index in [2.05, 4.69) is 15.0 Å². The maximum atomic E-state index is 12.2. The predicted octanol–water partition coefficient (Wildman–Crippen LogP) is 0.882. The van der Waals surface area contributed by atoms with Crippen molar-refractivity contribution in [1.82, 2.24) is 14.5 Å². The van der Waals surface area contributed by atoms with Gasteiger partial charge in [0.15, 0.2) is 0 Å². The number of hydrogen-bond donors (Lipinski definition) is 1. The molecule has 1 fully saturated rings. The zero-order chi connectivity index (χ0) is 18.2. The third-order valence-electron chi connectivity index (χ3n) is 3.83. The monoisotopic (exact) mass is 369 g/mol. The fourth-order valence-corrected chi connectivity index (χ4v) is 2.77. The maximum Gasteiger partial charge on any atom is 0.326 e. The van der Waals surface area contributed by atoms with Gasteiger partial charge < -0.3 is 19.9 Å². The number of carbonyl (C=O) groups is 2. The van der Waals surface area contributed by atoms with Crippen LogP contribution in [0.5, 0.6) is 0 Å². The molecule has 1 atom stereocenters. The van der Waals surface area contributed by atoms with Gasteiger partial charge in [-0.05, 0) is 12.0 Å². The first-order chi connectivity index (χ1) is 12.0. The van der Waals surface area contributed by atoms with E-state index >= 15 is 0 Å². The average molecular weight is 370 g/mol. The molecule has 2 rings (SSSR count). The summed E-state index contributed by atoms with van der Waals surface area (Å²) in [7, 11) is 0. The van der Waals surface area contributed by atoms with Crippen LogP contribution in [0.1, 0.15) is 18.7 Å². The SMILES string of the molecule is [N-]=[N+]=NCCOC(=O)Cn1c(Cl)cnc1CCC(=O)N1CC[C@H](N)C1. The summed E-state index contributed by atoms with van der Waals surface area (Å²) in [4.78, 5) is 32.4. The lowest BCUT2D eigenvalue weighted by molar-refractivity contribution is -0.144. The van der Waals surface area contributed by atoms with Crippen molar-refractivity contribution in [3.8, 4) is 0 Å². The number of nitrogens with two attached hydrogens (primary N) is 1. The first-order valence-electron chi connectivity index (χ1n) is 7.91. The molecule has 1 aliphatic heterocycles. The van der Waals surface area contributed by atoms with Crippen LogP contribution in [0.2, 0.25) is 5.15 Å². The summed E-state index contributed by atoms with van der Waals surface area (Å²) >= 11 is 6.05.